The Kier molecular flexibility index (Phi) is 10.3. The predicted molar refractivity (Wildman–Crippen MR) is 111 cm³/mol. The number of carbonyl (C=O) groups is 6. The van der Waals surface area contributed by atoms with Crippen molar-refractivity contribution < 1.29 is 38.2 Å². The predicted octanol–water partition coefficient (Wildman–Crippen LogP) is 1.04. The summed E-state index contributed by atoms with van der Waals surface area (Å²) < 4.78 is 10.1. The van der Waals surface area contributed by atoms with Crippen LogP contribution >= 0.6 is 0 Å². The fraction of sp³-hybridized carbons (Fsp3) is 0.545. The fourth-order valence-corrected chi connectivity index (χ4v) is 3.19. The van der Waals surface area contributed by atoms with Crippen LogP contribution in [0.15, 0.2) is 24.3 Å². The standard InChI is InChI=1S/C22H28N2O8/c25-17-9-10-18(26)23(17)13-15-31-21(29)7-5-3-1-2-4-6-8-22(30)32-16-14-24-19(27)11-12-20(24)28/h9-12H,1-8,13-16H2. The minimum Gasteiger partial charge on any atom is -0.464 e. The molecule has 0 aromatic carbocycles. The largest absolute Gasteiger partial charge is 0.464 e. The Bertz CT molecular complexity index is 700. The van der Waals surface area contributed by atoms with Gasteiger partial charge in [-0.05, 0) is 12.8 Å². The van der Waals surface area contributed by atoms with E-state index in [9.17, 15) is 28.8 Å². The van der Waals surface area contributed by atoms with Crippen LogP contribution in [0, 0.1) is 0 Å². The van der Waals surface area contributed by atoms with Gasteiger partial charge in [-0.25, -0.2) is 0 Å². The summed E-state index contributed by atoms with van der Waals surface area (Å²) in [6, 6.07) is 0. The molecule has 0 bridgehead atoms. The molecule has 10 heteroatoms. The molecule has 32 heavy (non-hydrogen) atoms. The lowest BCUT2D eigenvalue weighted by Crippen LogP contribution is -2.33. The van der Waals surface area contributed by atoms with E-state index in [2.05, 4.69) is 0 Å². The van der Waals surface area contributed by atoms with Crippen LogP contribution in [-0.2, 0) is 38.2 Å². The molecule has 2 rings (SSSR count). The summed E-state index contributed by atoms with van der Waals surface area (Å²) in [6.07, 6.45) is 10.3. The van der Waals surface area contributed by atoms with E-state index in [0.29, 0.717) is 12.8 Å². The van der Waals surface area contributed by atoms with E-state index < -0.39 is 23.6 Å². The maximum absolute atomic E-state index is 11.7. The summed E-state index contributed by atoms with van der Waals surface area (Å²) in [6.45, 7) is 0.111. The summed E-state index contributed by atoms with van der Waals surface area (Å²) in [7, 11) is 0. The molecular formula is C22H28N2O8. The first-order valence-corrected chi connectivity index (χ1v) is 10.8. The molecule has 2 aliphatic heterocycles. The Morgan fingerprint density at radius 2 is 0.875 bits per heavy atom. The Balaban J connectivity index is 1.37. The number of hydrogen-bond acceptors (Lipinski definition) is 8. The van der Waals surface area contributed by atoms with Crippen molar-refractivity contribution in [2.75, 3.05) is 26.3 Å². The van der Waals surface area contributed by atoms with Crippen LogP contribution in [-0.4, -0.2) is 71.7 Å². The molecule has 0 radical (unpaired) electrons. The molecule has 0 unspecified atom stereocenters. The van der Waals surface area contributed by atoms with E-state index >= 15 is 0 Å². The molecule has 0 aliphatic carbocycles. The van der Waals surface area contributed by atoms with Crippen molar-refractivity contribution in [3.8, 4) is 0 Å². The number of hydrogen-bond donors (Lipinski definition) is 0. The summed E-state index contributed by atoms with van der Waals surface area (Å²) in [5.74, 6) is -2.29. The van der Waals surface area contributed by atoms with Crippen LogP contribution in [0.5, 0.6) is 0 Å². The number of carbonyl (C=O) groups excluding carboxylic acids is 6. The monoisotopic (exact) mass is 448 g/mol. The topological polar surface area (TPSA) is 127 Å². The van der Waals surface area contributed by atoms with Crippen LogP contribution < -0.4 is 0 Å². The third-order valence-electron chi connectivity index (χ3n) is 4.97. The summed E-state index contributed by atoms with van der Waals surface area (Å²) >= 11 is 0. The molecule has 0 aromatic rings. The van der Waals surface area contributed by atoms with Gasteiger partial charge in [0.05, 0.1) is 13.1 Å². The highest BCUT2D eigenvalue weighted by Gasteiger charge is 2.23. The first-order chi connectivity index (χ1) is 15.4. The zero-order valence-corrected chi connectivity index (χ0v) is 18.0. The number of amides is 4. The van der Waals surface area contributed by atoms with Crippen LogP contribution in [0.1, 0.15) is 51.4 Å². The van der Waals surface area contributed by atoms with Gasteiger partial charge in [0.15, 0.2) is 0 Å². The first-order valence-electron chi connectivity index (χ1n) is 10.8. The van der Waals surface area contributed by atoms with Crippen molar-refractivity contribution in [1.82, 2.24) is 9.80 Å². The maximum Gasteiger partial charge on any atom is 0.305 e. The van der Waals surface area contributed by atoms with E-state index in [1.165, 1.54) is 24.3 Å². The second-order valence-corrected chi connectivity index (χ2v) is 7.39. The number of unbranched alkanes of at least 4 members (excludes halogenated alkanes) is 5. The summed E-state index contributed by atoms with van der Waals surface area (Å²) in [4.78, 5) is 70.8. The third-order valence-corrected chi connectivity index (χ3v) is 4.97. The van der Waals surface area contributed by atoms with Gasteiger partial charge in [0.1, 0.15) is 13.2 Å². The van der Waals surface area contributed by atoms with Crippen LogP contribution in [0.3, 0.4) is 0 Å². The molecule has 10 nitrogen and oxygen atoms in total. The van der Waals surface area contributed by atoms with Gasteiger partial charge in [-0.15, -0.1) is 0 Å². The highest BCUT2D eigenvalue weighted by molar-refractivity contribution is 6.13. The van der Waals surface area contributed by atoms with E-state index in [-0.39, 0.29) is 51.1 Å². The molecule has 2 heterocycles. The Labute approximate surface area is 186 Å². The van der Waals surface area contributed by atoms with Gasteiger partial charge in [-0.2, -0.15) is 0 Å². The van der Waals surface area contributed by atoms with Gasteiger partial charge in [0.25, 0.3) is 23.6 Å². The highest BCUT2D eigenvalue weighted by atomic mass is 16.5. The minimum absolute atomic E-state index is 0.00434. The lowest BCUT2D eigenvalue weighted by Gasteiger charge is -2.13. The summed E-state index contributed by atoms with van der Waals surface area (Å²) in [5.41, 5.74) is 0. The summed E-state index contributed by atoms with van der Waals surface area (Å²) in [5, 5.41) is 0. The number of nitrogens with zero attached hydrogens (tertiary/aromatic N) is 2. The van der Waals surface area contributed by atoms with Crippen molar-refractivity contribution >= 4 is 35.6 Å². The van der Waals surface area contributed by atoms with Crippen molar-refractivity contribution in [1.29, 1.82) is 0 Å². The van der Waals surface area contributed by atoms with Gasteiger partial charge in [0, 0.05) is 37.1 Å². The van der Waals surface area contributed by atoms with Crippen LogP contribution in [0.4, 0.5) is 0 Å². The molecule has 0 aromatic heterocycles. The Morgan fingerprint density at radius 1 is 0.562 bits per heavy atom. The quantitative estimate of drug-likeness (QED) is 0.207. The zero-order chi connectivity index (χ0) is 23.3. The van der Waals surface area contributed by atoms with Crippen molar-refractivity contribution in [3.05, 3.63) is 24.3 Å². The normalized spacial score (nSPS) is 15.2. The number of ether oxygens (including phenoxy) is 2. The molecule has 0 atom stereocenters. The van der Waals surface area contributed by atoms with Crippen molar-refractivity contribution in [2.45, 2.75) is 51.4 Å². The maximum atomic E-state index is 11.7. The van der Waals surface area contributed by atoms with Gasteiger partial charge in [-0.1, -0.05) is 25.7 Å². The van der Waals surface area contributed by atoms with E-state index in [4.69, 9.17) is 9.47 Å². The molecule has 0 saturated carbocycles. The van der Waals surface area contributed by atoms with E-state index in [0.717, 1.165) is 35.5 Å². The molecular weight excluding hydrogens is 420 g/mol. The molecule has 0 fully saturated rings. The first kappa shape index (κ1) is 25.0. The fourth-order valence-electron chi connectivity index (χ4n) is 3.19. The lowest BCUT2D eigenvalue weighted by molar-refractivity contribution is -0.147. The number of rotatable bonds is 15. The van der Waals surface area contributed by atoms with Gasteiger partial charge >= 0.3 is 11.9 Å². The van der Waals surface area contributed by atoms with Crippen LogP contribution in [0.2, 0.25) is 0 Å². The van der Waals surface area contributed by atoms with Gasteiger partial charge in [0.2, 0.25) is 0 Å². The Morgan fingerprint density at radius 3 is 1.22 bits per heavy atom. The molecule has 4 amide bonds. The average molecular weight is 448 g/mol. The van der Waals surface area contributed by atoms with Crippen molar-refractivity contribution in [2.24, 2.45) is 0 Å². The minimum atomic E-state index is -0.396. The van der Waals surface area contributed by atoms with Gasteiger partial charge in [-0.3, -0.25) is 38.6 Å². The van der Waals surface area contributed by atoms with E-state index in [1.807, 2.05) is 0 Å². The molecule has 0 saturated heterocycles. The second-order valence-electron chi connectivity index (χ2n) is 7.39. The molecule has 2 aliphatic rings. The smallest absolute Gasteiger partial charge is 0.305 e. The highest BCUT2D eigenvalue weighted by Crippen LogP contribution is 2.10. The van der Waals surface area contributed by atoms with Crippen LogP contribution in [0.25, 0.3) is 0 Å². The van der Waals surface area contributed by atoms with E-state index in [1.54, 1.807) is 0 Å². The third kappa shape index (κ3) is 8.44. The zero-order valence-electron chi connectivity index (χ0n) is 18.0. The average Bonchev–Trinajstić information content (AvgIpc) is 3.25. The SMILES string of the molecule is O=C(CCCCCCCCC(=O)OCCN1C(=O)C=CC1=O)OCCN1C(=O)C=CC1=O. The molecule has 0 N–H and O–H groups in total. The number of esters is 2. The lowest BCUT2D eigenvalue weighted by atomic mass is 10.1. The molecule has 0 spiro atoms. The molecule has 174 valence electrons. The van der Waals surface area contributed by atoms with Gasteiger partial charge < -0.3 is 9.47 Å². The number of imide groups is 2. The second kappa shape index (κ2) is 13.2. The Hall–Kier alpha value is -3.30. The van der Waals surface area contributed by atoms with Crippen molar-refractivity contribution in [3.63, 3.8) is 0 Å².